The van der Waals surface area contributed by atoms with Gasteiger partial charge < -0.3 is 59.9 Å². The van der Waals surface area contributed by atoms with Gasteiger partial charge in [-0.15, -0.1) is 29.4 Å². The second-order valence-electron chi connectivity index (χ2n) is 9.41. The van der Waals surface area contributed by atoms with Crippen molar-refractivity contribution in [2.75, 3.05) is 53.3 Å². The molecule has 0 bridgehead atoms. The number of ether oxygens (including phenoxy) is 2. The van der Waals surface area contributed by atoms with E-state index in [0.29, 0.717) is 48.9 Å². The molecule has 2 radical (unpaired) electrons. The van der Waals surface area contributed by atoms with E-state index in [1.54, 1.807) is 67.6 Å². The summed E-state index contributed by atoms with van der Waals surface area (Å²) in [6.45, 7) is 8.50. The van der Waals surface area contributed by atoms with E-state index in [2.05, 4.69) is 35.6 Å². The van der Waals surface area contributed by atoms with Crippen LogP contribution in [0.3, 0.4) is 0 Å². The van der Waals surface area contributed by atoms with Gasteiger partial charge in [0.2, 0.25) is 0 Å². The third kappa shape index (κ3) is 13.7. The number of nitrogens with two attached hydrogens (primary N) is 1. The van der Waals surface area contributed by atoms with Gasteiger partial charge in [0.25, 0.3) is 0 Å². The second-order valence-corrected chi connectivity index (χ2v) is 9.41. The first-order chi connectivity index (χ1) is 20.1. The van der Waals surface area contributed by atoms with Gasteiger partial charge in [0, 0.05) is 154 Å². The van der Waals surface area contributed by atoms with Gasteiger partial charge in [-0.05, 0) is 13.2 Å². The van der Waals surface area contributed by atoms with Crippen molar-refractivity contribution in [1.82, 2.24) is 15.0 Å². The predicted octanol–water partition coefficient (Wildman–Crippen LogP) is 3.70. The number of aliphatic hydroxyl groups excluding tert-OH is 2. The van der Waals surface area contributed by atoms with Gasteiger partial charge in [-0.1, -0.05) is 28.0 Å². The van der Waals surface area contributed by atoms with Crippen LogP contribution >= 0.6 is 0 Å². The number of aliphatic hydroxyl groups is 2. The molecule has 252 valence electrons. The summed E-state index contributed by atoms with van der Waals surface area (Å²) in [5.74, 6) is -0.157. The van der Waals surface area contributed by atoms with E-state index in [1.165, 1.54) is 19.6 Å². The maximum Gasteiger partial charge on any atom is 0.403 e. The molecule has 2 amide bonds. The molecule has 0 unspecified atom stereocenters. The van der Waals surface area contributed by atoms with Crippen LogP contribution in [0.15, 0.2) is 73.7 Å². The number of anilines is 4. The Morgan fingerprint density at radius 3 is 1.67 bits per heavy atom. The Hall–Kier alpha value is -0.928. The summed E-state index contributed by atoms with van der Waals surface area (Å²) in [6.07, 6.45) is 1.92. The van der Waals surface area contributed by atoms with E-state index in [-0.39, 0.29) is 166 Å². The van der Waals surface area contributed by atoms with Crippen LogP contribution in [0.4, 0.5) is 32.3 Å². The van der Waals surface area contributed by atoms with Crippen molar-refractivity contribution in [3.05, 3.63) is 101 Å². The molecule has 3 aromatic rings. The molecule has 18 heteroatoms. The number of carbonyl (C=O) groups excluding carboxylic acids is 2. The maximum atomic E-state index is 12.0. The molecule has 48 heavy (non-hydrogen) atoms. The number of benzene rings is 2. The van der Waals surface area contributed by atoms with E-state index in [1.807, 2.05) is 0 Å². The number of cyclic esters (lactones) is 2. The fraction of sp³-hybridized carbons (Fsp3) is 0.267. The van der Waals surface area contributed by atoms with Crippen LogP contribution in [-0.4, -0.2) is 83.3 Å². The molecule has 2 aliphatic rings. The Morgan fingerprint density at radius 1 is 0.896 bits per heavy atom. The van der Waals surface area contributed by atoms with Crippen LogP contribution in [0.1, 0.15) is 0 Å². The third-order valence-corrected chi connectivity index (χ3v) is 6.55. The van der Waals surface area contributed by atoms with Crippen LogP contribution in [-0.2, 0) is 81.4 Å². The average Bonchev–Trinajstić information content (AvgIpc) is 3.73. The standard InChI is InChI=1S/C15H16N5O3.C13H16N3O3.2CH3.2U.2Y/c1-11(21)18(2)12-3-5-13(6-4-12)20-10-14(23-15(20)22)9-19-8-7-16-17-19;1-9(17)15(2)10-3-5-11(6-4-10)16-8-12(7-14)19-13(16)18;;;;;;/h3,5-8,14,21H,1,9-10H2,2H3;3,5-6,12,17H,1,7-8,14H2,2H3;2*1H3;;;;/q4*-1;;;;/t14-;12-;;;;;;/m00....../s1. The van der Waals surface area contributed by atoms with E-state index in [9.17, 15) is 19.8 Å². The molecule has 14 nitrogen and oxygen atoms in total. The van der Waals surface area contributed by atoms with Crippen LogP contribution in [0.5, 0.6) is 0 Å². The zero-order chi connectivity index (χ0) is 30.4. The van der Waals surface area contributed by atoms with Gasteiger partial charge in [0.05, 0.1) is 25.8 Å². The van der Waals surface area contributed by atoms with Crippen molar-refractivity contribution in [2.45, 2.75) is 18.8 Å². The van der Waals surface area contributed by atoms with Crippen LogP contribution in [0.2, 0.25) is 0 Å². The van der Waals surface area contributed by atoms with Crippen molar-refractivity contribution in [3.8, 4) is 0 Å². The molecule has 2 saturated heterocycles. The summed E-state index contributed by atoms with van der Waals surface area (Å²) in [7, 11) is 3.34. The molecule has 0 saturated carbocycles. The monoisotopic (exact) mass is 1260 g/mol. The molecule has 1 aromatic heterocycles. The van der Waals surface area contributed by atoms with Gasteiger partial charge >= 0.3 is 12.2 Å². The van der Waals surface area contributed by atoms with Gasteiger partial charge in [0.1, 0.15) is 12.2 Å². The van der Waals surface area contributed by atoms with Crippen LogP contribution in [0.25, 0.3) is 0 Å². The first-order valence-corrected chi connectivity index (χ1v) is 12.8. The Balaban J connectivity index is -0.000000760. The minimum atomic E-state index is -0.406. The molecule has 2 aliphatic heterocycles. The minimum absolute atomic E-state index is 0. The predicted molar refractivity (Wildman–Crippen MR) is 168 cm³/mol. The van der Waals surface area contributed by atoms with Crippen molar-refractivity contribution in [1.29, 1.82) is 0 Å². The van der Waals surface area contributed by atoms with Crippen molar-refractivity contribution >= 4 is 34.9 Å². The molecule has 5 rings (SSSR count). The summed E-state index contributed by atoms with van der Waals surface area (Å²) in [4.78, 5) is 29.7. The number of nitrogens with zero attached hydrogens (tertiary/aromatic N) is 7. The topological polar surface area (TPSA) is 163 Å². The number of rotatable bonds is 9. The van der Waals surface area contributed by atoms with Gasteiger partial charge in [-0.25, -0.2) is 14.3 Å². The normalized spacial score (nSPS) is 15.5. The first kappa shape index (κ1) is 51.4. The Morgan fingerprint density at radius 2 is 1.33 bits per heavy atom. The van der Waals surface area contributed by atoms with E-state index in [4.69, 9.17) is 15.2 Å². The minimum Gasteiger partial charge on any atom is -0.495 e. The molecular weight excluding hydrogens is 1220 g/mol. The first-order valence-electron chi connectivity index (χ1n) is 12.8. The molecule has 2 aromatic carbocycles. The van der Waals surface area contributed by atoms with Crippen LogP contribution < -0.4 is 25.3 Å². The molecule has 4 N–H and O–H groups in total. The van der Waals surface area contributed by atoms with E-state index < -0.39 is 12.2 Å². The van der Waals surface area contributed by atoms with Crippen molar-refractivity contribution in [2.24, 2.45) is 5.73 Å². The molecule has 0 spiro atoms. The molecule has 2 atom stereocenters. The van der Waals surface area contributed by atoms with Gasteiger partial charge in [-0.3, -0.25) is 0 Å². The molecule has 3 heterocycles. The largest absolute Gasteiger partial charge is 0.495 e. The SMILES string of the molecule is C=C(O)N(C)c1[c-]cc(N2C[C@H](CN)OC2=O)cc1.C=C(O)N(C)c1[c-]cc(N2C[C@H](Cn3ccnn3)OC2=O)cc1.[CH3-].[CH3-].[U].[U].[Y].[Y]. The molecule has 0 aliphatic carbocycles. The Kier molecular flexibility index (Phi) is 26.0. The Labute approximate surface area is 380 Å². The molecule has 2 fully saturated rings. The summed E-state index contributed by atoms with van der Waals surface area (Å²) in [5, 5.41) is 26.2. The zero-order valence-corrected chi connectivity index (χ0v) is 41.4. The van der Waals surface area contributed by atoms with Gasteiger partial charge in [-0.2, -0.15) is 24.3 Å². The zero-order valence-electron chi connectivity index (χ0n) is 27.4. The quantitative estimate of drug-likeness (QED) is 0.212. The number of aromatic nitrogens is 3. The van der Waals surface area contributed by atoms with Crippen LogP contribution in [0, 0.1) is 89.2 Å². The summed E-state index contributed by atoms with van der Waals surface area (Å²) in [5.41, 5.74) is 8.14. The number of carbonyl (C=O) groups is 2. The van der Waals surface area contributed by atoms with E-state index in [0.717, 1.165) is 0 Å². The fourth-order valence-corrected chi connectivity index (χ4v) is 4.07. The van der Waals surface area contributed by atoms with Crippen molar-refractivity contribution in [3.63, 3.8) is 0 Å². The molecular formula is C30H38N8O6U2Y2-4. The maximum absolute atomic E-state index is 12.0. The second kappa shape index (κ2) is 24.3. The smallest absolute Gasteiger partial charge is 0.403 e. The average molecular weight is 1260 g/mol. The van der Waals surface area contributed by atoms with Crippen molar-refractivity contribution < 1.29 is 157 Å². The van der Waals surface area contributed by atoms with E-state index >= 15 is 0 Å². The summed E-state index contributed by atoms with van der Waals surface area (Å²) < 4.78 is 12.0. The summed E-state index contributed by atoms with van der Waals surface area (Å²) in [6, 6.07) is 16.3. The third-order valence-electron chi connectivity index (χ3n) is 6.55. The number of hydrogen-bond donors (Lipinski definition) is 3. The Bertz CT molecular complexity index is 1420. The number of hydrogen-bond acceptors (Lipinski definition) is 11. The number of amides is 2. The summed E-state index contributed by atoms with van der Waals surface area (Å²) >= 11 is 0. The fourth-order valence-electron chi connectivity index (χ4n) is 4.07. The van der Waals surface area contributed by atoms with Gasteiger partial charge in [0.15, 0.2) is 11.8 Å².